The number of aliphatic imine (C=N–C) groups is 1. The zero-order valence-corrected chi connectivity index (χ0v) is 19.3. The van der Waals surface area contributed by atoms with Crippen molar-refractivity contribution in [3.05, 3.63) is 97.4 Å². The van der Waals surface area contributed by atoms with E-state index in [1.165, 1.54) is 17.8 Å². The van der Waals surface area contributed by atoms with Crippen molar-refractivity contribution in [1.82, 2.24) is 5.32 Å². The summed E-state index contributed by atoms with van der Waals surface area (Å²) in [6, 6.07) is 18.9. The summed E-state index contributed by atoms with van der Waals surface area (Å²) < 4.78 is 0. The first-order valence-electron chi connectivity index (χ1n) is 9.15. The number of nitrogens with zero attached hydrogens (tertiary/aromatic N) is 2. The molecule has 0 saturated carbocycles. The van der Waals surface area contributed by atoms with Crippen LogP contribution in [0.5, 0.6) is 0 Å². The van der Waals surface area contributed by atoms with Crippen LogP contribution in [-0.2, 0) is 4.79 Å². The number of nitro benzene ring substituents is 1. The van der Waals surface area contributed by atoms with Gasteiger partial charge in [0.1, 0.15) is 0 Å². The number of nitrogens with one attached hydrogen (secondary N) is 1. The van der Waals surface area contributed by atoms with E-state index in [2.05, 4.69) is 10.3 Å². The first-order chi connectivity index (χ1) is 15.4. The standard InChI is InChI=1S/C22H13Cl2N3O3S2/c23-14-6-8-15(9-7-14)31-19-10-5-13(11-18(19)27(29)30)12-20-21(28)26-22(32-20)25-17-4-2-1-3-16(17)24/h1-12H,(H,25,26,28). The molecule has 1 heterocycles. The molecular formula is C22H13Cl2N3O3S2. The monoisotopic (exact) mass is 501 g/mol. The molecular weight excluding hydrogens is 489 g/mol. The summed E-state index contributed by atoms with van der Waals surface area (Å²) in [4.78, 5) is 29.6. The average Bonchev–Trinajstić information content (AvgIpc) is 3.11. The average molecular weight is 502 g/mol. The molecule has 1 N–H and O–H groups in total. The minimum atomic E-state index is -0.438. The van der Waals surface area contributed by atoms with Gasteiger partial charge in [-0.3, -0.25) is 14.9 Å². The second-order valence-electron chi connectivity index (χ2n) is 6.47. The van der Waals surface area contributed by atoms with E-state index < -0.39 is 4.92 Å². The minimum absolute atomic E-state index is 0.0485. The Morgan fingerprint density at radius 2 is 1.81 bits per heavy atom. The highest BCUT2D eigenvalue weighted by atomic mass is 35.5. The van der Waals surface area contributed by atoms with E-state index in [1.54, 1.807) is 66.7 Å². The van der Waals surface area contributed by atoms with Gasteiger partial charge in [-0.15, -0.1) is 0 Å². The van der Waals surface area contributed by atoms with Crippen molar-refractivity contribution in [1.29, 1.82) is 0 Å². The Morgan fingerprint density at radius 1 is 1.06 bits per heavy atom. The molecule has 3 aromatic carbocycles. The third-order valence-electron chi connectivity index (χ3n) is 4.24. The van der Waals surface area contributed by atoms with Crippen LogP contribution in [-0.4, -0.2) is 16.0 Å². The third-order valence-corrected chi connectivity index (χ3v) is 6.80. The maximum absolute atomic E-state index is 12.4. The van der Waals surface area contributed by atoms with Crippen LogP contribution in [0.3, 0.4) is 0 Å². The Bertz CT molecular complexity index is 1280. The summed E-state index contributed by atoms with van der Waals surface area (Å²) in [5.41, 5.74) is 1.03. The van der Waals surface area contributed by atoms with Gasteiger partial charge < -0.3 is 5.32 Å². The van der Waals surface area contributed by atoms with E-state index in [0.29, 0.717) is 36.3 Å². The van der Waals surface area contributed by atoms with Gasteiger partial charge in [-0.25, -0.2) is 4.99 Å². The number of hydrogen-bond acceptors (Lipinski definition) is 6. The molecule has 10 heteroatoms. The Labute approximate surface area is 201 Å². The molecule has 1 fully saturated rings. The molecule has 6 nitrogen and oxygen atoms in total. The summed E-state index contributed by atoms with van der Waals surface area (Å²) in [5.74, 6) is -0.330. The van der Waals surface area contributed by atoms with Crippen LogP contribution in [0.1, 0.15) is 5.56 Å². The number of amidine groups is 1. The maximum Gasteiger partial charge on any atom is 0.283 e. The fraction of sp³-hybridized carbons (Fsp3) is 0. The third kappa shape index (κ3) is 5.34. The Hall–Kier alpha value is -2.78. The molecule has 4 rings (SSSR count). The van der Waals surface area contributed by atoms with E-state index in [0.717, 1.165) is 16.7 Å². The highest BCUT2D eigenvalue weighted by Crippen LogP contribution is 2.37. The highest BCUT2D eigenvalue weighted by Gasteiger charge is 2.25. The smallest absolute Gasteiger partial charge is 0.283 e. The SMILES string of the molecule is O=C1NC(=Nc2ccccc2Cl)SC1=Cc1ccc(Sc2ccc(Cl)cc2)c([N+](=O)[O-])c1. The lowest BCUT2D eigenvalue weighted by molar-refractivity contribution is -0.387. The van der Waals surface area contributed by atoms with E-state index in [-0.39, 0.29) is 11.6 Å². The number of para-hydroxylation sites is 1. The van der Waals surface area contributed by atoms with Crippen molar-refractivity contribution in [2.24, 2.45) is 4.99 Å². The lowest BCUT2D eigenvalue weighted by atomic mass is 10.2. The number of rotatable bonds is 5. The number of amides is 1. The lowest BCUT2D eigenvalue weighted by Crippen LogP contribution is -2.19. The fourth-order valence-corrected chi connectivity index (χ4v) is 4.81. The first-order valence-corrected chi connectivity index (χ1v) is 11.5. The van der Waals surface area contributed by atoms with Crippen molar-refractivity contribution < 1.29 is 9.72 Å². The predicted molar refractivity (Wildman–Crippen MR) is 131 cm³/mol. The van der Waals surface area contributed by atoms with Crippen LogP contribution in [0.2, 0.25) is 10.0 Å². The minimum Gasteiger partial charge on any atom is -0.300 e. The number of hydrogen-bond donors (Lipinski definition) is 1. The first kappa shape index (κ1) is 22.4. The van der Waals surface area contributed by atoms with Crippen molar-refractivity contribution in [2.75, 3.05) is 0 Å². The highest BCUT2D eigenvalue weighted by molar-refractivity contribution is 8.18. The Balaban J connectivity index is 1.59. The van der Waals surface area contributed by atoms with Gasteiger partial charge in [-0.2, -0.15) is 0 Å². The maximum atomic E-state index is 12.4. The Morgan fingerprint density at radius 3 is 2.53 bits per heavy atom. The number of thioether (sulfide) groups is 1. The van der Waals surface area contributed by atoms with Gasteiger partial charge in [0.15, 0.2) is 5.17 Å². The lowest BCUT2D eigenvalue weighted by Gasteiger charge is -2.05. The quantitative estimate of drug-likeness (QED) is 0.232. The van der Waals surface area contributed by atoms with E-state index in [1.807, 2.05) is 0 Å². The van der Waals surface area contributed by atoms with Crippen LogP contribution in [0.15, 0.2) is 86.4 Å². The molecule has 1 amide bonds. The van der Waals surface area contributed by atoms with Gasteiger partial charge in [0.2, 0.25) is 0 Å². The second kappa shape index (κ2) is 9.79. The van der Waals surface area contributed by atoms with Gasteiger partial charge in [0.25, 0.3) is 11.6 Å². The number of carbonyl (C=O) groups excluding carboxylic acids is 1. The molecule has 0 spiro atoms. The topological polar surface area (TPSA) is 84.6 Å². The number of carbonyl (C=O) groups is 1. The summed E-state index contributed by atoms with van der Waals surface area (Å²) in [5, 5.41) is 15.8. The van der Waals surface area contributed by atoms with E-state index >= 15 is 0 Å². The molecule has 1 saturated heterocycles. The molecule has 0 bridgehead atoms. The van der Waals surface area contributed by atoms with Gasteiger partial charge in [0.05, 0.1) is 25.4 Å². The van der Waals surface area contributed by atoms with Crippen LogP contribution < -0.4 is 5.32 Å². The van der Waals surface area contributed by atoms with Gasteiger partial charge >= 0.3 is 0 Å². The molecule has 0 radical (unpaired) electrons. The summed E-state index contributed by atoms with van der Waals surface area (Å²) in [6.45, 7) is 0. The largest absolute Gasteiger partial charge is 0.300 e. The normalized spacial score (nSPS) is 15.9. The fourth-order valence-electron chi connectivity index (χ4n) is 2.77. The predicted octanol–water partition coefficient (Wildman–Crippen LogP) is 6.94. The molecule has 3 aromatic rings. The molecule has 1 aliphatic rings. The molecule has 0 aliphatic carbocycles. The number of benzene rings is 3. The van der Waals surface area contributed by atoms with Crippen molar-refractivity contribution in [2.45, 2.75) is 9.79 Å². The molecule has 0 aromatic heterocycles. The summed E-state index contributed by atoms with van der Waals surface area (Å²) in [7, 11) is 0. The second-order valence-corrected chi connectivity index (χ2v) is 9.46. The molecule has 160 valence electrons. The molecule has 32 heavy (non-hydrogen) atoms. The van der Waals surface area contributed by atoms with Crippen LogP contribution >= 0.6 is 46.7 Å². The van der Waals surface area contributed by atoms with Crippen LogP contribution in [0.4, 0.5) is 11.4 Å². The zero-order chi connectivity index (χ0) is 22.7. The zero-order valence-electron chi connectivity index (χ0n) is 16.1. The van der Waals surface area contributed by atoms with Crippen molar-refractivity contribution >= 4 is 75.3 Å². The van der Waals surface area contributed by atoms with Gasteiger partial charge in [-0.05, 0) is 65.9 Å². The van der Waals surface area contributed by atoms with Gasteiger partial charge in [0, 0.05) is 16.0 Å². The van der Waals surface area contributed by atoms with Crippen molar-refractivity contribution in [3.8, 4) is 0 Å². The summed E-state index contributed by atoms with van der Waals surface area (Å²) in [6.07, 6.45) is 1.60. The van der Waals surface area contributed by atoms with Gasteiger partial charge in [-0.1, -0.05) is 53.2 Å². The van der Waals surface area contributed by atoms with Crippen LogP contribution in [0.25, 0.3) is 6.08 Å². The van der Waals surface area contributed by atoms with Crippen molar-refractivity contribution in [3.63, 3.8) is 0 Å². The molecule has 1 aliphatic heterocycles. The molecule has 0 atom stereocenters. The van der Waals surface area contributed by atoms with Crippen LogP contribution in [0, 0.1) is 10.1 Å². The molecule has 0 unspecified atom stereocenters. The Kier molecular flexibility index (Phi) is 6.86. The van der Waals surface area contributed by atoms with E-state index in [9.17, 15) is 14.9 Å². The van der Waals surface area contributed by atoms with E-state index in [4.69, 9.17) is 23.2 Å². The number of halogens is 2. The number of nitro groups is 1. The summed E-state index contributed by atoms with van der Waals surface area (Å²) >= 11 is 14.4.